The van der Waals surface area contributed by atoms with Crippen molar-refractivity contribution in [1.82, 2.24) is 4.90 Å². The molecule has 0 unspecified atom stereocenters. The van der Waals surface area contributed by atoms with E-state index in [4.69, 9.17) is 0 Å². The van der Waals surface area contributed by atoms with Gasteiger partial charge >= 0.3 is 0 Å². The van der Waals surface area contributed by atoms with Gasteiger partial charge in [0.15, 0.2) is 0 Å². The fourth-order valence-corrected chi connectivity index (χ4v) is 3.34. The summed E-state index contributed by atoms with van der Waals surface area (Å²) in [6, 6.07) is 15.6. The van der Waals surface area contributed by atoms with Gasteiger partial charge in [-0.2, -0.15) is 0 Å². The molecule has 0 atom stereocenters. The Morgan fingerprint density at radius 3 is 2.30 bits per heavy atom. The molecule has 0 radical (unpaired) electrons. The Morgan fingerprint density at radius 2 is 1.70 bits per heavy atom. The van der Waals surface area contributed by atoms with Crippen LogP contribution in [0.25, 0.3) is 5.57 Å². The van der Waals surface area contributed by atoms with Crippen LogP contribution in [0.3, 0.4) is 0 Å². The summed E-state index contributed by atoms with van der Waals surface area (Å²) in [5.74, 6) is -0.550. The molecule has 2 aromatic carbocycles. The third-order valence-corrected chi connectivity index (χ3v) is 4.90. The first kappa shape index (κ1) is 18.6. The lowest BCUT2D eigenvalue weighted by atomic mass is 9.99. The predicted octanol–water partition coefficient (Wildman–Crippen LogP) is 4.10. The molecule has 1 aliphatic heterocycles. The van der Waals surface area contributed by atoms with Crippen LogP contribution in [-0.4, -0.2) is 29.8 Å². The van der Waals surface area contributed by atoms with Crippen LogP contribution >= 0.6 is 0 Å². The molecule has 1 aliphatic rings. The molecule has 1 heterocycles. The highest BCUT2D eigenvalue weighted by molar-refractivity contribution is 6.36. The number of carbonyl (C=O) groups is 2. The first-order valence-corrected chi connectivity index (χ1v) is 9.11. The van der Waals surface area contributed by atoms with Crippen LogP contribution in [0.4, 0.5) is 5.69 Å². The average molecular weight is 360 g/mol. The number of nitrogens with zero attached hydrogens (tertiary/aromatic N) is 2. The van der Waals surface area contributed by atoms with E-state index in [1.165, 1.54) is 4.90 Å². The van der Waals surface area contributed by atoms with Crippen molar-refractivity contribution < 1.29 is 9.59 Å². The molecule has 4 nitrogen and oxygen atoms in total. The smallest absolute Gasteiger partial charge is 0.278 e. The van der Waals surface area contributed by atoms with Crippen LogP contribution < -0.4 is 4.90 Å². The molecule has 2 amide bonds. The first-order chi connectivity index (χ1) is 13.0. The summed E-state index contributed by atoms with van der Waals surface area (Å²) < 4.78 is 0. The molecule has 2 aromatic rings. The van der Waals surface area contributed by atoms with Crippen LogP contribution in [0.1, 0.15) is 23.6 Å². The number of amides is 2. The second kappa shape index (κ2) is 7.62. The van der Waals surface area contributed by atoms with Gasteiger partial charge in [0.1, 0.15) is 5.70 Å². The number of benzene rings is 2. The normalized spacial score (nSPS) is 14.1. The second-order valence-corrected chi connectivity index (χ2v) is 6.61. The lowest BCUT2D eigenvalue weighted by molar-refractivity contribution is -0.136. The van der Waals surface area contributed by atoms with E-state index in [0.717, 1.165) is 22.4 Å². The molecule has 0 aliphatic carbocycles. The SMILES string of the molecule is C=CCN1C(=O)C(c2ccc(C)c(C)c2)=C(N(CC)c2ccccc2)C1=O. The Labute approximate surface area is 160 Å². The maximum atomic E-state index is 13.2. The second-order valence-electron chi connectivity index (χ2n) is 6.61. The van der Waals surface area contributed by atoms with Gasteiger partial charge < -0.3 is 4.90 Å². The van der Waals surface area contributed by atoms with E-state index >= 15 is 0 Å². The van der Waals surface area contributed by atoms with Crippen LogP contribution in [0.2, 0.25) is 0 Å². The first-order valence-electron chi connectivity index (χ1n) is 9.11. The summed E-state index contributed by atoms with van der Waals surface area (Å²) >= 11 is 0. The molecule has 0 fully saturated rings. The lowest BCUT2D eigenvalue weighted by Gasteiger charge is -2.24. The average Bonchev–Trinajstić information content (AvgIpc) is 2.91. The highest BCUT2D eigenvalue weighted by atomic mass is 16.2. The quantitative estimate of drug-likeness (QED) is 0.575. The zero-order chi connectivity index (χ0) is 19.6. The number of likely N-dealkylation sites (N-methyl/N-ethyl adjacent to an activating group) is 1. The summed E-state index contributed by atoms with van der Waals surface area (Å²) in [7, 11) is 0. The van der Waals surface area contributed by atoms with Crippen molar-refractivity contribution in [2.24, 2.45) is 0 Å². The highest BCUT2D eigenvalue weighted by Crippen LogP contribution is 2.34. The molecule has 0 saturated heterocycles. The molecule has 0 spiro atoms. The van der Waals surface area contributed by atoms with Crippen molar-refractivity contribution in [3.63, 3.8) is 0 Å². The van der Waals surface area contributed by atoms with Gasteiger partial charge in [0.25, 0.3) is 11.8 Å². The molecule has 0 N–H and O–H groups in total. The van der Waals surface area contributed by atoms with Crippen LogP contribution in [0, 0.1) is 13.8 Å². The van der Waals surface area contributed by atoms with E-state index < -0.39 is 0 Å². The molecule has 0 saturated carbocycles. The largest absolute Gasteiger partial charge is 0.337 e. The van der Waals surface area contributed by atoms with E-state index in [1.807, 2.05) is 74.2 Å². The minimum absolute atomic E-state index is 0.196. The molecule has 138 valence electrons. The summed E-state index contributed by atoms with van der Waals surface area (Å²) in [5, 5.41) is 0. The number of hydrogen-bond acceptors (Lipinski definition) is 3. The summed E-state index contributed by atoms with van der Waals surface area (Å²) in [6.45, 7) is 10.5. The van der Waals surface area contributed by atoms with Gasteiger partial charge in [-0.1, -0.05) is 42.5 Å². The third-order valence-electron chi connectivity index (χ3n) is 4.90. The van der Waals surface area contributed by atoms with Crippen molar-refractivity contribution in [2.45, 2.75) is 20.8 Å². The number of rotatable bonds is 6. The molecule has 0 aromatic heterocycles. The van der Waals surface area contributed by atoms with Gasteiger partial charge in [-0.05, 0) is 49.6 Å². The van der Waals surface area contributed by atoms with Crippen LogP contribution in [-0.2, 0) is 9.59 Å². The number of hydrogen-bond donors (Lipinski definition) is 0. The monoisotopic (exact) mass is 360 g/mol. The van der Waals surface area contributed by atoms with Crippen molar-refractivity contribution in [3.8, 4) is 0 Å². The van der Waals surface area contributed by atoms with E-state index in [0.29, 0.717) is 17.8 Å². The van der Waals surface area contributed by atoms with Gasteiger partial charge in [0.2, 0.25) is 0 Å². The van der Waals surface area contributed by atoms with Gasteiger partial charge in [-0.3, -0.25) is 14.5 Å². The highest BCUT2D eigenvalue weighted by Gasteiger charge is 2.41. The Morgan fingerprint density at radius 1 is 1.00 bits per heavy atom. The molecular weight excluding hydrogens is 336 g/mol. The minimum Gasteiger partial charge on any atom is -0.337 e. The lowest BCUT2D eigenvalue weighted by Crippen LogP contribution is -2.35. The fourth-order valence-electron chi connectivity index (χ4n) is 3.34. The Kier molecular flexibility index (Phi) is 5.26. The van der Waals surface area contributed by atoms with Gasteiger partial charge in [0, 0.05) is 18.8 Å². The number of imide groups is 1. The molecular formula is C23H24N2O2. The third kappa shape index (κ3) is 3.31. The topological polar surface area (TPSA) is 40.6 Å². The van der Waals surface area contributed by atoms with Gasteiger partial charge in [0.05, 0.1) is 5.57 Å². The zero-order valence-electron chi connectivity index (χ0n) is 16.0. The number of anilines is 1. The maximum absolute atomic E-state index is 13.2. The number of carbonyl (C=O) groups excluding carboxylic acids is 2. The van der Waals surface area contributed by atoms with Crippen LogP contribution in [0.5, 0.6) is 0 Å². The van der Waals surface area contributed by atoms with Gasteiger partial charge in [-0.15, -0.1) is 6.58 Å². The van der Waals surface area contributed by atoms with E-state index in [2.05, 4.69) is 6.58 Å². The molecule has 0 bridgehead atoms. The summed E-state index contributed by atoms with van der Waals surface area (Å²) in [5.41, 5.74) is 4.78. The molecule has 4 heteroatoms. The van der Waals surface area contributed by atoms with E-state index in [-0.39, 0.29) is 18.4 Å². The molecule has 27 heavy (non-hydrogen) atoms. The molecule has 3 rings (SSSR count). The van der Waals surface area contributed by atoms with E-state index in [9.17, 15) is 9.59 Å². The Hall–Kier alpha value is -3.14. The van der Waals surface area contributed by atoms with Crippen molar-refractivity contribution in [3.05, 3.63) is 83.6 Å². The number of aryl methyl sites for hydroxylation is 2. The Balaban J connectivity index is 2.22. The van der Waals surface area contributed by atoms with Crippen molar-refractivity contribution in [1.29, 1.82) is 0 Å². The maximum Gasteiger partial charge on any atom is 0.278 e. The standard InChI is InChI=1S/C23H24N2O2/c1-5-14-25-22(26)20(18-13-12-16(3)17(4)15-18)21(23(25)27)24(6-2)19-10-8-7-9-11-19/h5,7-13,15H,1,6,14H2,2-4H3. The van der Waals surface area contributed by atoms with Gasteiger partial charge in [-0.25, -0.2) is 0 Å². The van der Waals surface area contributed by atoms with Crippen LogP contribution in [0.15, 0.2) is 66.9 Å². The summed E-state index contributed by atoms with van der Waals surface area (Å²) in [6.07, 6.45) is 1.58. The number of para-hydroxylation sites is 1. The fraction of sp³-hybridized carbons (Fsp3) is 0.217. The minimum atomic E-state index is -0.279. The predicted molar refractivity (Wildman–Crippen MR) is 109 cm³/mol. The van der Waals surface area contributed by atoms with E-state index in [1.54, 1.807) is 6.08 Å². The summed E-state index contributed by atoms with van der Waals surface area (Å²) in [4.78, 5) is 29.5. The zero-order valence-corrected chi connectivity index (χ0v) is 16.0. The van der Waals surface area contributed by atoms with Crippen molar-refractivity contribution in [2.75, 3.05) is 18.0 Å². The Bertz CT molecular complexity index is 929. The van der Waals surface area contributed by atoms with Crippen molar-refractivity contribution >= 4 is 23.1 Å².